The first-order chi connectivity index (χ1) is 9.81. The van der Waals surface area contributed by atoms with Crippen molar-refractivity contribution in [3.8, 4) is 0 Å². The van der Waals surface area contributed by atoms with Gasteiger partial charge in [-0.05, 0) is 55.2 Å². The molecule has 1 aromatic rings. The minimum absolute atomic E-state index is 0.169. The summed E-state index contributed by atoms with van der Waals surface area (Å²) in [4.78, 5) is 0. The van der Waals surface area contributed by atoms with Gasteiger partial charge in [0.15, 0.2) is 0 Å². The van der Waals surface area contributed by atoms with E-state index in [1.807, 2.05) is 0 Å². The second kappa shape index (κ2) is 6.40. The number of nitrogens with one attached hydrogen (secondary N) is 1. The Labute approximate surface area is 126 Å². The number of para-hydroxylation sites is 1. The van der Waals surface area contributed by atoms with Crippen molar-refractivity contribution in [3.05, 3.63) is 29.8 Å². The molecule has 3 rings (SSSR count). The zero-order valence-electron chi connectivity index (χ0n) is 12.4. The summed E-state index contributed by atoms with van der Waals surface area (Å²) in [5.74, 6) is 2.52. The molecule has 1 atom stereocenters. The molecule has 0 bridgehead atoms. The Hall–Kier alpha value is -0.670. The van der Waals surface area contributed by atoms with Gasteiger partial charge in [0.2, 0.25) is 0 Å². The predicted octanol–water partition coefficient (Wildman–Crippen LogP) is 4.11. The summed E-state index contributed by atoms with van der Waals surface area (Å²) in [5, 5.41) is 3.79. The van der Waals surface area contributed by atoms with E-state index < -0.39 is 0 Å². The van der Waals surface area contributed by atoms with Crippen LogP contribution in [0.2, 0.25) is 0 Å². The maximum absolute atomic E-state index is 6.18. The van der Waals surface area contributed by atoms with E-state index in [0.717, 1.165) is 19.4 Å². The van der Waals surface area contributed by atoms with Crippen LogP contribution in [-0.2, 0) is 11.2 Å². The minimum atomic E-state index is 0.169. The molecule has 1 spiro atoms. The van der Waals surface area contributed by atoms with Crippen LogP contribution < -0.4 is 5.32 Å². The highest BCUT2D eigenvalue weighted by molar-refractivity contribution is 7.99. The van der Waals surface area contributed by atoms with Crippen molar-refractivity contribution in [2.24, 2.45) is 0 Å². The number of ether oxygens (including phenoxy) is 1. The lowest BCUT2D eigenvalue weighted by atomic mass is 9.85. The molecule has 2 fully saturated rings. The topological polar surface area (TPSA) is 21.3 Å². The highest BCUT2D eigenvalue weighted by Crippen LogP contribution is 2.38. The maximum Gasteiger partial charge on any atom is 0.0717 e. The third-order valence-corrected chi connectivity index (χ3v) is 5.64. The monoisotopic (exact) mass is 291 g/mol. The van der Waals surface area contributed by atoms with Crippen molar-refractivity contribution in [1.29, 1.82) is 0 Å². The largest absolute Gasteiger partial charge is 0.382 e. The van der Waals surface area contributed by atoms with Gasteiger partial charge in [0.05, 0.1) is 5.60 Å². The highest BCUT2D eigenvalue weighted by atomic mass is 32.2. The van der Waals surface area contributed by atoms with Crippen LogP contribution in [0, 0.1) is 0 Å². The SMILES string of the molecule is CCc1ccccc1NC1CCOC2(CCSCC2)C1. The Balaban J connectivity index is 1.68. The van der Waals surface area contributed by atoms with Gasteiger partial charge in [0.25, 0.3) is 0 Å². The van der Waals surface area contributed by atoms with E-state index in [-0.39, 0.29) is 5.60 Å². The summed E-state index contributed by atoms with van der Waals surface area (Å²) in [6, 6.07) is 9.29. The van der Waals surface area contributed by atoms with Crippen molar-refractivity contribution in [1.82, 2.24) is 0 Å². The summed E-state index contributed by atoms with van der Waals surface area (Å²) in [7, 11) is 0. The number of rotatable bonds is 3. The molecule has 2 aliphatic rings. The number of thioether (sulfide) groups is 1. The average molecular weight is 291 g/mol. The lowest BCUT2D eigenvalue weighted by Gasteiger charge is -2.43. The molecule has 0 saturated carbocycles. The molecule has 20 heavy (non-hydrogen) atoms. The van der Waals surface area contributed by atoms with E-state index in [4.69, 9.17) is 4.74 Å². The van der Waals surface area contributed by atoms with Gasteiger partial charge in [-0.2, -0.15) is 11.8 Å². The minimum Gasteiger partial charge on any atom is -0.382 e. The molecular formula is C17H25NOS. The van der Waals surface area contributed by atoms with Crippen molar-refractivity contribution < 1.29 is 4.74 Å². The van der Waals surface area contributed by atoms with E-state index >= 15 is 0 Å². The van der Waals surface area contributed by atoms with Crippen molar-refractivity contribution in [2.45, 2.75) is 50.7 Å². The number of aryl methyl sites for hydroxylation is 1. The smallest absolute Gasteiger partial charge is 0.0717 e. The first kappa shape index (κ1) is 14.3. The molecule has 2 heterocycles. The van der Waals surface area contributed by atoms with E-state index in [2.05, 4.69) is 48.3 Å². The Kier molecular flexibility index (Phi) is 4.57. The predicted molar refractivity (Wildman–Crippen MR) is 87.7 cm³/mol. The molecule has 2 aliphatic heterocycles. The van der Waals surface area contributed by atoms with Crippen LogP contribution in [0.5, 0.6) is 0 Å². The summed E-state index contributed by atoms with van der Waals surface area (Å²) in [5.41, 5.74) is 2.91. The second-order valence-electron chi connectivity index (χ2n) is 5.99. The van der Waals surface area contributed by atoms with Crippen LogP contribution in [0.15, 0.2) is 24.3 Å². The molecule has 0 amide bonds. The molecule has 2 nitrogen and oxygen atoms in total. The summed E-state index contributed by atoms with van der Waals surface area (Å²) < 4.78 is 6.18. The lowest BCUT2D eigenvalue weighted by Crippen LogP contribution is -2.46. The normalized spacial score (nSPS) is 25.6. The first-order valence-electron chi connectivity index (χ1n) is 7.87. The van der Waals surface area contributed by atoms with Crippen LogP contribution in [0.25, 0.3) is 0 Å². The van der Waals surface area contributed by atoms with E-state index in [1.54, 1.807) is 0 Å². The van der Waals surface area contributed by atoms with E-state index in [0.29, 0.717) is 6.04 Å². The molecule has 0 radical (unpaired) electrons. The van der Waals surface area contributed by atoms with E-state index in [1.165, 1.54) is 42.0 Å². The Morgan fingerprint density at radius 1 is 1.30 bits per heavy atom. The van der Waals surface area contributed by atoms with Crippen molar-refractivity contribution in [3.63, 3.8) is 0 Å². The standard InChI is InChI=1S/C17H25NOS/c1-2-14-5-3-4-6-16(14)18-15-7-10-19-17(13-15)8-11-20-12-9-17/h3-6,15,18H,2,7-13H2,1H3. The molecule has 3 heteroatoms. The number of benzene rings is 1. The summed E-state index contributed by atoms with van der Waals surface area (Å²) in [6.45, 7) is 3.14. The summed E-state index contributed by atoms with van der Waals surface area (Å²) >= 11 is 2.07. The molecule has 2 saturated heterocycles. The lowest BCUT2D eigenvalue weighted by molar-refractivity contribution is -0.0865. The Morgan fingerprint density at radius 2 is 2.10 bits per heavy atom. The van der Waals surface area contributed by atoms with Gasteiger partial charge >= 0.3 is 0 Å². The van der Waals surface area contributed by atoms with Gasteiger partial charge in [-0.3, -0.25) is 0 Å². The molecule has 1 unspecified atom stereocenters. The van der Waals surface area contributed by atoms with Gasteiger partial charge in [-0.1, -0.05) is 25.1 Å². The van der Waals surface area contributed by atoms with E-state index in [9.17, 15) is 0 Å². The van der Waals surface area contributed by atoms with Crippen molar-refractivity contribution >= 4 is 17.4 Å². The number of anilines is 1. The van der Waals surface area contributed by atoms with Gasteiger partial charge in [-0.25, -0.2) is 0 Å². The fourth-order valence-corrected chi connectivity index (χ4v) is 4.67. The van der Waals surface area contributed by atoms with Crippen LogP contribution in [0.1, 0.15) is 38.2 Å². The average Bonchev–Trinajstić information content (AvgIpc) is 2.49. The van der Waals surface area contributed by atoms with Crippen LogP contribution in [0.3, 0.4) is 0 Å². The Morgan fingerprint density at radius 3 is 2.90 bits per heavy atom. The Bertz CT molecular complexity index is 437. The quantitative estimate of drug-likeness (QED) is 0.905. The zero-order valence-corrected chi connectivity index (χ0v) is 13.2. The second-order valence-corrected chi connectivity index (χ2v) is 7.21. The van der Waals surface area contributed by atoms with Gasteiger partial charge in [-0.15, -0.1) is 0 Å². The van der Waals surface area contributed by atoms with Gasteiger partial charge in [0.1, 0.15) is 0 Å². The first-order valence-corrected chi connectivity index (χ1v) is 9.03. The molecule has 1 N–H and O–H groups in total. The van der Waals surface area contributed by atoms with Crippen molar-refractivity contribution in [2.75, 3.05) is 23.4 Å². The molecule has 0 aliphatic carbocycles. The van der Waals surface area contributed by atoms with Gasteiger partial charge in [0, 0.05) is 18.3 Å². The molecule has 1 aromatic carbocycles. The number of hydrogen-bond acceptors (Lipinski definition) is 3. The number of hydrogen-bond donors (Lipinski definition) is 1. The third kappa shape index (κ3) is 3.15. The molecular weight excluding hydrogens is 266 g/mol. The molecule has 110 valence electrons. The fraction of sp³-hybridized carbons (Fsp3) is 0.647. The van der Waals surface area contributed by atoms with Gasteiger partial charge < -0.3 is 10.1 Å². The fourth-order valence-electron chi connectivity index (χ4n) is 3.43. The van der Waals surface area contributed by atoms with Crippen LogP contribution >= 0.6 is 11.8 Å². The summed E-state index contributed by atoms with van der Waals surface area (Å²) in [6.07, 6.45) is 5.85. The third-order valence-electron chi connectivity index (χ3n) is 4.65. The molecule has 0 aromatic heterocycles. The van der Waals surface area contributed by atoms with Crippen LogP contribution in [0.4, 0.5) is 5.69 Å². The maximum atomic E-state index is 6.18. The zero-order chi connectivity index (χ0) is 13.8. The van der Waals surface area contributed by atoms with Crippen LogP contribution in [-0.4, -0.2) is 29.8 Å². The highest BCUT2D eigenvalue weighted by Gasteiger charge is 2.38.